The van der Waals surface area contributed by atoms with Crippen molar-refractivity contribution < 1.29 is 23.9 Å². The summed E-state index contributed by atoms with van der Waals surface area (Å²) in [5, 5.41) is 9.24. The van der Waals surface area contributed by atoms with Crippen LogP contribution in [0.4, 0.5) is 0 Å². The molecule has 12 heteroatoms. The number of rotatable bonds is 12. The Morgan fingerprint density at radius 3 is 2.76 bits per heavy atom. The Morgan fingerprint density at radius 1 is 1.21 bits per heavy atom. The zero-order valence-electron chi connectivity index (χ0n) is 25.1. The second kappa shape index (κ2) is 17.2. The van der Waals surface area contributed by atoms with Gasteiger partial charge < -0.3 is 15.4 Å². The zero-order chi connectivity index (χ0) is 30.5. The predicted molar refractivity (Wildman–Crippen MR) is 172 cm³/mol. The van der Waals surface area contributed by atoms with Crippen LogP contribution in [-0.4, -0.2) is 62.1 Å². The van der Waals surface area contributed by atoms with Crippen LogP contribution in [-0.2, 0) is 30.5 Å². The minimum Gasteiger partial charge on any atom is -0.456 e. The van der Waals surface area contributed by atoms with Crippen molar-refractivity contribution in [1.82, 2.24) is 15.6 Å². The van der Waals surface area contributed by atoms with E-state index in [1.165, 1.54) is 54.1 Å². The monoisotopic (exact) mass is 636 g/mol. The minimum atomic E-state index is -1.03. The third-order valence-electron chi connectivity index (χ3n) is 7.01. The van der Waals surface area contributed by atoms with Gasteiger partial charge in [-0.1, -0.05) is 64.3 Å². The normalized spacial score (nSPS) is 23.5. The largest absolute Gasteiger partial charge is 0.456 e. The molecule has 0 fully saturated rings. The molecule has 3 rings (SSSR count). The lowest BCUT2D eigenvalue weighted by Gasteiger charge is -2.27. The Hall–Kier alpha value is -2.18. The predicted octanol–water partition coefficient (Wildman–Crippen LogP) is 5.42. The van der Waals surface area contributed by atoms with Crippen molar-refractivity contribution in [2.75, 3.05) is 11.5 Å². The molecular formula is C30H44N4O5S3. The average molecular weight is 637 g/mol. The summed E-state index contributed by atoms with van der Waals surface area (Å²) in [4.78, 5) is 60.7. The summed E-state index contributed by atoms with van der Waals surface area (Å²) >= 11 is 4.24. The number of ether oxygens (including phenoxy) is 1. The number of hydrogen-bond donors (Lipinski definition) is 2. The van der Waals surface area contributed by atoms with E-state index in [-0.39, 0.29) is 35.8 Å². The van der Waals surface area contributed by atoms with Gasteiger partial charge in [0.25, 0.3) is 0 Å². The van der Waals surface area contributed by atoms with Crippen LogP contribution >= 0.6 is 34.9 Å². The molecule has 1 aromatic heterocycles. The fourth-order valence-corrected chi connectivity index (χ4v) is 7.16. The number of thioether (sulfide) groups is 2. The molecule has 4 bridgehead atoms. The van der Waals surface area contributed by atoms with E-state index < -0.39 is 23.7 Å². The highest BCUT2D eigenvalue weighted by molar-refractivity contribution is 8.14. The molecule has 2 N–H and O–H groups in total. The van der Waals surface area contributed by atoms with Crippen LogP contribution in [0.1, 0.15) is 96.2 Å². The summed E-state index contributed by atoms with van der Waals surface area (Å²) in [6.45, 7) is 7.86. The van der Waals surface area contributed by atoms with E-state index in [9.17, 15) is 19.2 Å². The van der Waals surface area contributed by atoms with Crippen LogP contribution in [0.15, 0.2) is 22.5 Å². The Balaban J connectivity index is 1.62. The highest BCUT2D eigenvalue weighted by atomic mass is 32.2. The summed E-state index contributed by atoms with van der Waals surface area (Å²) in [7, 11) is 0. The number of carbonyl (C=O) groups excluding carboxylic acids is 4. The molecule has 0 saturated heterocycles. The van der Waals surface area contributed by atoms with Gasteiger partial charge in [0.05, 0.1) is 13.0 Å². The first-order valence-electron chi connectivity index (χ1n) is 14.9. The zero-order valence-corrected chi connectivity index (χ0v) is 27.6. The number of esters is 1. The quantitative estimate of drug-likeness (QED) is 0.177. The van der Waals surface area contributed by atoms with Gasteiger partial charge in [-0.25, -0.2) is 9.78 Å². The van der Waals surface area contributed by atoms with Crippen molar-refractivity contribution in [3.8, 4) is 0 Å². The molecule has 3 atom stereocenters. The maximum atomic E-state index is 13.3. The Labute approximate surface area is 261 Å². The van der Waals surface area contributed by atoms with Crippen LogP contribution in [0.5, 0.6) is 0 Å². The van der Waals surface area contributed by atoms with E-state index in [1.54, 1.807) is 13.0 Å². The van der Waals surface area contributed by atoms with Gasteiger partial charge in [0.15, 0.2) is 5.12 Å². The van der Waals surface area contributed by atoms with Gasteiger partial charge >= 0.3 is 5.97 Å². The molecule has 1 unspecified atom stereocenters. The smallest absolute Gasteiger partial charge is 0.329 e. The lowest BCUT2D eigenvalue weighted by atomic mass is 10.0. The highest BCUT2D eigenvalue weighted by Gasteiger charge is 2.41. The van der Waals surface area contributed by atoms with Gasteiger partial charge in [0.2, 0.25) is 11.8 Å². The Bertz CT molecular complexity index is 1150. The average Bonchev–Trinajstić information content (AvgIpc) is 3.59. The molecule has 9 nitrogen and oxygen atoms in total. The van der Waals surface area contributed by atoms with Crippen LogP contribution in [0.3, 0.4) is 0 Å². The first-order valence-corrected chi connectivity index (χ1v) is 17.7. The fraction of sp³-hybridized carbons (Fsp3) is 0.667. The number of amides is 2. The standard InChI is InChI=1S/C30H44N4O5S3/c1-5-6-7-8-11-14-25(36)40-15-12-9-10-13-21-16-23(35)31-17-24-32-22(18-41-24)27-34-30(4,19-42-27)29(38)33-26(20(2)3)28(37)39-21/h10,13,18,20-21,26H,5-9,11-12,14-17,19H2,1-4H3,(H,31,35)(H,33,38)/t21-,26?,30+/m1/s1. The Kier molecular flexibility index (Phi) is 14.1. The van der Waals surface area contributed by atoms with Crippen LogP contribution in [0.2, 0.25) is 0 Å². The molecule has 0 spiro atoms. The van der Waals surface area contributed by atoms with E-state index >= 15 is 0 Å². The van der Waals surface area contributed by atoms with Crippen molar-refractivity contribution >= 4 is 62.8 Å². The lowest BCUT2D eigenvalue weighted by Crippen LogP contribution is -2.53. The number of aliphatic imine (C=N–C) groups is 1. The number of unbranched alkanes of at least 4 members (excludes halogenated alkanes) is 5. The SMILES string of the molecule is CCCCCCCC(=O)SCCCC=C[C@@H]1CC(=O)NCc2nc(cs2)C2=N[C@@](C)(CS2)C(=O)NC(C(C)C)C(=O)O1. The molecule has 2 aliphatic heterocycles. The number of fused-ring (bicyclic) bond motifs is 4. The number of cyclic esters (lactones) is 1. The van der Waals surface area contributed by atoms with Crippen molar-refractivity contribution in [2.45, 2.75) is 110 Å². The highest BCUT2D eigenvalue weighted by Crippen LogP contribution is 2.32. The number of hydrogen-bond acceptors (Lipinski definition) is 10. The molecule has 0 radical (unpaired) electrons. The number of carbonyl (C=O) groups is 4. The lowest BCUT2D eigenvalue weighted by molar-refractivity contribution is -0.153. The summed E-state index contributed by atoms with van der Waals surface area (Å²) in [5.74, 6) is -0.281. The Morgan fingerprint density at radius 2 is 2.00 bits per heavy atom. The van der Waals surface area contributed by atoms with E-state index in [1.807, 2.05) is 25.3 Å². The van der Waals surface area contributed by atoms with Crippen molar-refractivity contribution in [2.24, 2.45) is 10.9 Å². The van der Waals surface area contributed by atoms with E-state index in [4.69, 9.17) is 4.74 Å². The number of allylic oxidation sites excluding steroid dienone is 1. The van der Waals surface area contributed by atoms with Crippen LogP contribution in [0.25, 0.3) is 0 Å². The molecule has 0 aliphatic carbocycles. The van der Waals surface area contributed by atoms with Gasteiger partial charge in [-0.15, -0.1) is 23.1 Å². The van der Waals surface area contributed by atoms with Gasteiger partial charge in [0.1, 0.15) is 33.4 Å². The summed E-state index contributed by atoms with van der Waals surface area (Å²) in [5.41, 5.74) is -0.346. The van der Waals surface area contributed by atoms with Crippen LogP contribution < -0.4 is 10.6 Å². The summed E-state index contributed by atoms with van der Waals surface area (Å²) in [6, 6.07) is -0.888. The number of nitrogens with one attached hydrogen (secondary N) is 2. The molecule has 1 aromatic rings. The second-order valence-corrected chi connectivity index (χ2v) is 14.3. The second-order valence-electron chi connectivity index (χ2n) is 11.2. The van der Waals surface area contributed by atoms with Crippen molar-refractivity contribution in [3.63, 3.8) is 0 Å². The molecule has 232 valence electrons. The van der Waals surface area contributed by atoms with E-state index in [0.717, 1.165) is 30.0 Å². The van der Waals surface area contributed by atoms with Crippen molar-refractivity contribution in [1.29, 1.82) is 0 Å². The van der Waals surface area contributed by atoms with Gasteiger partial charge in [-0.05, 0) is 38.2 Å². The maximum Gasteiger partial charge on any atom is 0.329 e. The third kappa shape index (κ3) is 10.8. The van der Waals surface area contributed by atoms with E-state index in [2.05, 4.69) is 27.5 Å². The minimum absolute atomic E-state index is 0.0508. The molecule has 0 aromatic carbocycles. The number of aromatic nitrogens is 1. The molecule has 0 saturated carbocycles. The number of nitrogens with zero attached hydrogens (tertiary/aromatic N) is 2. The first-order chi connectivity index (χ1) is 20.1. The molecule has 2 aliphatic rings. The van der Waals surface area contributed by atoms with Crippen molar-refractivity contribution in [3.05, 3.63) is 28.2 Å². The molecule has 42 heavy (non-hydrogen) atoms. The summed E-state index contributed by atoms with van der Waals surface area (Å²) in [6.07, 6.45) is 10.5. The van der Waals surface area contributed by atoms with Gasteiger partial charge in [-0.2, -0.15) is 0 Å². The molecule has 3 heterocycles. The molecule has 2 amide bonds. The fourth-order valence-electron chi connectivity index (χ4n) is 4.41. The first kappa shape index (κ1) is 34.3. The van der Waals surface area contributed by atoms with Gasteiger partial charge in [0, 0.05) is 23.3 Å². The van der Waals surface area contributed by atoms with Crippen LogP contribution in [0, 0.1) is 5.92 Å². The van der Waals surface area contributed by atoms with Gasteiger partial charge in [-0.3, -0.25) is 19.4 Å². The summed E-state index contributed by atoms with van der Waals surface area (Å²) < 4.78 is 5.79. The third-order valence-corrected chi connectivity index (χ3v) is 10.2. The van der Waals surface area contributed by atoms with E-state index in [0.29, 0.717) is 29.3 Å². The molecular weight excluding hydrogens is 593 g/mol. The number of thiazole rings is 1. The topological polar surface area (TPSA) is 127 Å². The maximum absolute atomic E-state index is 13.3.